The quantitative estimate of drug-likeness (QED) is 0.873. The van der Waals surface area contributed by atoms with E-state index >= 15 is 0 Å². The van der Waals surface area contributed by atoms with E-state index < -0.39 is 6.10 Å². The molecule has 1 aromatic heterocycles. The average molecular weight is 272 g/mol. The van der Waals surface area contributed by atoms with Crippen molar-refractivity contribution in [3.05, 3.63) is 47.8 Å². The topological polar surface area (TPSA) is 77.6 Å². The van der Waals surface area contributed by atoms with Gasteiger partial charge in [-0.3, -0.25) is 4.98 Å². The number of ether oxygens (including phenoxy) is 2. The second-order valence-electron chi connectivity index (χ2n) is 4.66. The standard InChI is InChI=1S/C15H16N2O3/c16-12-4-5-17-9-11(12)15(18)10-2-3-13-14(8-10)20-7-1-6-19-13/h2-5,8-9,15,18H,1,6-7H2,(H2,16,17). The Morgan fingerprint density at radius 3 is 2.75 bits per heavy atom. The summed E-state index contributed by atoms with van der Waals surface area (Å²) in [4.78, 5) is 4.00. The number of aromatic nitrogens is 1. The van der Waals surface area contributed by atoms with Gasteiger partial charge < -0.3 is 20.3 Å². The molecular weight excluding hydrogens is 256 g/mol. The van der Waals surface area contributed by atoms with Crippen LogP contribution in [0.2, 0.25) is 0 Å². The predicted molar refractivity (Wildman–Crippen MR) is 74.8 cm³/mol. The van der Waals surface area contributed by atoms with Crippen molar-refractivity contribution in [1.29, 1.82) is 0 Å². The third-order valence-electron chi connectivity index (χ3n) is 3.27. The summed E-state index contributed by atoms with van der Waals surface area (Å²) in [6, 6.07) is 7.08. The van der Waals surface area contributed by atoms with E-state index in [0.717, 1.165) is 6.42 Å². The summed E-state index contributed by atoms with van der Waals surface area (Å²) < 4.78 is 11.2. The smallest absolute Gasteiger partial charge is 0.161 e. The van der Waals surface area contributed by atoms with Crippen LogP contribution in [0.4, 0.5) is 5.69 Å². The van der Waals surface area contributed by atoms with E-state index in [2.05, 4.69) is 4.98 Å². The van der Waals surface area contributed by atoms with Gasteiger partial charge in [-0.25, -0.2) is 0 Å². The van der Waals surface area contributed by atoms with Crippen molar-refractivity contribution in [2.45, 2.75) is 12.5 Å². The fourth-order valence-electron chi connectivity index (χ4n) is 2.18. The Labute approximate surface area is 117 Å². The highest BCUT2D eigenvalue weighted by Gasteiger charge is 2.17. The minimum absolute atomic E-state index is 0.514. The minimum Gasteiger partial charge on any atom is -0.490 e. The average Bonchev–Trinajstić information content (AvgIpc) is 2.71. The van der Waals surface area contributed by atoms with Crippen LogP contribution >= 0.6 is 0 Å². The van der Waals surface area contributed by atoms with Crippen molar-refractivity contribution in [3.8, 4) is 11.5 Å². The first-order chi connectivity index (χ1) is 9.75. The molecular formula is C15H16N2O3. The number of hydrogen-bond donors (Lipinski definition) is 2. The van der Waals surface area contributed by atoms with Crippen LogP contribution in [0.15, 0.2) is 36.7 Å². The van der Waals surface area contributed by atoms with Gasteiger partial charge >= 0.3 is 0 Å². The molecule has 0 radical (unpaired) electrons. The van der Waals surface area contributed by atoms with E-state index in [0.29, 0.717) is 41.5 Å². The van der Waals surface area contributed by atoms with Gasteiger partial charge in [-0.05, 0) is 23.8 Å². The number of anilines is 1. The number of hydrogen-bond acceptors (Lipinski definition) is 5. The van der Waals surface area contributed by atoms with Gasteiger partial charge in [0.25, 0.3) is 0 Å². The molecule has 20 heavy (non-hydrogen) atoms. The van der Waals surface area contributed by atoms with E-state index in [1.807, 2.05) is 12.1 Å². The molecule has 0 amide bonds. The number of rotatable bonds is 2. The number of fused-ring (bicyclic) bond motifs is 1. The lowest BCUT2D eigenvalue weighted by molar-refractivity contribution is 0.219. The summed E-state index contributed by atoms with van der Waals surface area (Å²) >= 11 is 0. The van der Waals surface area contributed by atoms with Crippen molar-refractivity contribution < 1.29 is 14.6 Å². The van der Waals surface area contributed by atoms with E-state index in [-0.39, 0.29) is 0 Å². The molecule has 0 saturated carbocycles. The Morgan fingerprint density at radius 1 is 1.15 bits per heavy atom. The van der Waals surface area contributed by atoms with Crippen LogP contribution in [0.5, 0.6) is 11.5 Å². The van der Waals surface area contributed by atoms with Gasteiger partial charge in [0.05, 0.1) is 13.2 Å². The fraction of sp³-hybridized carbons (Fsp3) is 0.267. The van der Waals surface area contributed by atoms with E-state index in [1.54, 1.807) is 24.5 Å². The number of aliphatic hydroxyl groups excluding tert-OH is 1. The van der Waals surface area contributed by atoms with Crippen molar-refractivity contribution in [3.63, 3.8) is 0 Å². The molecule has 3 rings (SSSR count). The van der Waals surface area contributed by atoms with Gasteiger partial charge in [-0.15, -0.1) is 0 Å². The van der Waals surface area contributed by atoms with Crippen LogP contribution in [-0.4, -0.2) is 23.3 Å². The molecule has 2 heterocycles. The molecule has 0 saturated heterocycles. The molecule has 5 heteroatoms. The van der Waals surface area contributed by atoms with Crippen LogP contribution in [-0.2, 0) is 0 Å². The normalized spacial score (nSPS) is 15.4. The summed E-state index contributed by atoms with van der Waals surface area (Å²) in [6.07, 6.45) is 3.19. The number of aliphatic hydroxyl groups is 1. The lowest BCUT2D eigenvalue weighted by Crippen LogP contribution is -2.05. The molecule has 3 N–H and O–H groups in total. The third-order valence-corrected chi connectivity index (χ3v) is 3.27. The third kappa shape index (κ3) is 2.40. The van der Waals surface area contributed by atoms with Gasteiger partial charge in [-0.2, -0.15) is 0 Å². The zero-order chi connectivity index (χ0) is 13.9. The molecule has 1 aliphatic rings. The second-order valence-corrected chi connectivity index (χ2v) is 4.66. The highest BCUT2D eigenvalue weighted by Crippen LogP contribution is 2.34. The summed E-state index contributed by atoms with van der Waals surface area (Å²) in [5.74, 6) is 1.36. The zero-order valence-electron chi connectivity index (χ0n) is 11.0. The molecule has 104 valence electrons. The fourth-order valence-corrected chi connectivity index (χ4v) is 2.18. The van der Waals surface area contributed by atoms with Crippen molar-refractivity contribution >= 4 is 5.69 Å². The van der Waals surface area contributed by atoms with E-state index in [9.17, 15) is 5.11 Å². The maximum Gasteiger partial charge on any atom is 0.161 e. The number of pyridine rings is 1. The summed E-state index contributed by atoms with van der Waals surface area (Å²) in [5.41, 5.74) is 7.67. The monoisotopic (exact) mass is 272 g/mol. The SMILES string of the molecule is Nc1ccncc1C(O)c1ccc2c(c1)OCCCO2. The largest absolute Gasteiger partial charge is 0.490 e. The Balaban J connectivity index is 1.94. The Bertz CT molecular complexity index is 616. The second kappa shape index (κ2) is 5.38. The Kier molecular flexibility index (Phi) is 3.43. The van der Waals surface area contributed by atoms with Crippen LogP contribution in [0, 0.1) is 0 Å². The first-order valence-electron chi connectivity index (χ1n) is 6.52. The zero-order valence-corrected chi connectivity index (χ0v) is 11.0. The minimum atomic E-state index is -0.833. The molecule has 0 bridgehead atoms. The van der Waals surface area contributed by atoms with Gasteiger partial charge in [0.2, 0.25) is 0 Å². The molecule has 2 aromatic rings. The van der Waals surface area contributed by atoms with Crippen molar-refractivity contribution in [2.24, 2.45) is 0 Å². The van der Waals surface area contributed by atoms with E-state index in [4.69, 9.17) is 15.2 Å². The first kappa shape index (κ1) is 12.7. The molecule has 0 aliphatic carbocycles. The molecule has 1 atom stereocenters. The first-order valence-corrected chi connectivity index (χ1v) is 6.52. The van der Waals surface area contributed by atoms with Crippen molar-refractivity contribution in [1.82, 2.24) is 4.98 Å². The maximum absolute atomic E-state index is 10.4. The van der Waals surface area contributed by atoms with Crippen LogP contribution in [0.3, 0.4) is 0 Å². The predicted octanol–water partition coefficient (Wildman–Crippen LogP) is 1.91. The molecule has 0 fully saturated rings. The highest BCUT2D eigenvalue weighted by molar-refractivity contribution is 5.51. The lowest BCUT2D eigenvalue weighted by atomic mass is 10.0. The van der Waals surface area contributed by atoms with Crippen LogP contribution < -0.4 is 15.2 Å². The summed E-state index contributed by atoms with van der Waals surface area (Å²) in [7, 11) is 0. The Hall–Kier alpha value is -2.27. The maximum atomic E-state index is 10.4. The Morgan fingerprint density at radius 2 is 1.95 bits per heavy atom. The number of nitrogens with zero attached hydrogens (tertiary/aromatic N) is 1. The molecule has 1 aliphatic heterocycles. The van der Waals surface area contributed by atoms with Crippen molar-refractivity contribution in [2.75, 3.05) is 18.9 Å². The van der Waals surface area contributed by atoms with Gasteiger partial charge in [0.15, 0.2) is 11.5 Å². The number of nitrogen functional groups attached to an aromatic ring is 1. The van der Waals surface area contributed by atoms with E-state index in [1.165, 1.54) is 0 Å². The molecule has 0 spiro atoms. The molecule has 1 aromatic carbocycles. The number of benzene rings is 1. The molecule has 5 nitrogen and oxygen atoms in total. The molecule has 1 unspecified atom stereocenters. The van der Waals surface area contributed by atoms with Gasteiger partial charge in [-0.1, -0.05) is 6.07 Å². The number of nitrogens with two attached hydrogens (primary N) is 1. The van der Waals surface area contributed by atoms with Gasteiger partial charge in [0.1, 0.15) is 6.10 Å². The van der Waals surface area contributed by atoms with Crippen LogP contribution in [0.1, 0.15) is 23.7 Å². The van der Waals surface area contributed by atoms with Crippen LogP contribution in [0.25, 0.3) is 0 Å². The lowest BCUT2D eigenvalue weighted by Gasteiger charge is -2.15. The van der Waals surface area contributed by atoms with Gasteiger partial charge in [0, 0.05) is 30.1 Å². The summed E-state index contributed by atoms with van der Waals surface area (Å²) in [5, 5.41) is 10.4. The highest BCUT2D eigenvalue weighted by atomic mass is 16.5. The summed E-state index contributed by atoms with van der Waals surface area (Å²) in [6.45, 7) is 1.26.